The molecule has 0 aliphatic heterocycles. The van der Waals surface area contributed by atoms with Gasteiger partial charge in [0, 0.05) is 5.56 Å². The summed E-state index contributed by atoms with van der Waals surface area (Å²) in [5.74, 6) is -0.128. The predicted molar refractivity (Wildman–Crippen MR) is 69.1 cm³/mol. The molecule has 0 fully saturated rings. The van der Waals surface area contributed by atoms with Crippen LogP contribution in [0.25, 0.3) is 0 Å². The van der Waals surface area contributed by atoms with E-state index in [2.05, 4.69) is 11.3 Å². The maximum atomic E-state index is 11.6. The first-order valence-electron chi connectivity index (χ1n) is 5.71. The van der Waals surface area contributed by atoms with Crippen molar-refractivity contribution in [3.63, 3.8) is 0 Å². The molecule has 0 atom stereocenters. The van der Waals surface area contributed by atoms with Crippen LogP contribution in [-0.4, -0.2) is 24.8 Å². The lowest BCUT2D eigenvalue weighted by molar-refractivity contribution is 0.0596. The molecule has 1 N–H and O–H groups in total. The topological polar surface area (TPSA) is 55.8 Å². The van der Waals surface area contributed by atoms with Crippen molar-refractivity contribution in [1.29, 1.82) is 0 Å². The molecule has 4 nitrogen and oxygen atoms in total. The Hall–Kier alpha value is -1.97. The predicted octanol–water partition coefficient (Wildman–Crippen LogP) is 2.70. The van der Waals surface area contributed by atoms with E-state index in [4.69, 9.17) is 4.74 Å². The van der Waals surface area contributed by atoms with E-state index in [-0.39, 0.29) is 11.3 Å². The van der Waals surface area contributed by atoms with Gasteiger partial charge in [-0.25, -0.2) is 4.79 Å². The van der Waals surface area contributed by atoms with Gasteiger partial charge in [-0.3, -0.25) is 0 Å². The number of phenolic OH excluding ortho intramolecular Hbond substituents is 1. The van der Waals surface area contributed by atoms with Crippen LogP contribution in [-0.2, 0) is 11.2 Å². The minimum Gasteiger partial charge on any atom is -0.507 e. The van der Waals surface area contributed by atoms with Crippen molar-refractivity contribution in [1.82, 2.24) is 0 Å². The van der Waals surface area contributed by atoms with Crippen LogP contribution < -0.4 is 4.74 Å². The standard InChI is InChI=1S/C14H18O4/c1-5-18-11-7-10(6-9(2)3)13(15)12(8-11)14(16)17-4/h7-8,15H,2,5-6H2,1,3-4H3. The van der Waals surface area contributed by atoms with Crippen molar-refractivity contribution in [2.45, 2.75) is 20.3 Å². The number of benzene rings is 1. The average molecular weight is 250 g/mol. The fraction of sp³-hybridized carbons (Fsp3) is 0.357. The highest BCUT2D eigenvalue weighted by Crippen LogP contribution is 2.30. The Balaban J connectivity index is 3.27. The van der Waals surface area contributed by atoms with Gasteiger partial charge in [-0.2, -0.15) is 0 Å². The first-order chi connectivity index (χ1) is 8.49. The maximum absolute atomic E-state index is 11.6. The molecular weight excluding hydrogens is 232 g/mol. The summed E-state index contributed by atoms with van der Waals surface area (Å²) in [7, 11) is 1.27. The summed E-state index contributed by atoms with van der Waals surface area (Å²) >= 11 is 0. The van der Waals surface area contributed by atoms with Crippen LogP contribution in [0, 0.1) is 0 Å². The number of aromatic hydroxyl groups is 1. The van der Waals surface area contributed by atoms with Crippen molar-refractivity contribution in [2.75, 3.05) is 13.7 Å². The Morgan fingerprint density at radius 1 is 1.44 bits per heavy atom. The number of hydrogen-bond acceptors (Lipinski definition) is 4. The van der Waals surface area contributed by atoms with Gasteiger partial charge in [0.15, 0.2) is 0 Å². The molecule has 1 aromatic rings. The molecule has 1 rings (SSSR count). The molecular formula is C14H18O4. The summed E-state index contributed by atoms with van der Waals surface area (Å²) in [6.45, 7) is 7.98. The summed E-state index contributed by atoms with van der Waals surface area (Å²) in [6.07, 6.45) is 0.483. The molecule has 0 spiro atoms. The summed E-state index contributed by atoms with van der Waals surface area (Å²) in [6, 6.07) is 3.19. The van der Waals surface area contributed by atoms with Gasteiger partial charge in [0.1, 0.15) is 17.1 Å². The molecule has 0 amide bonds. The molecule has 0 saturated carbocycles. The monoisotopic (exact) mass is 250 g/mol. The van der Waals surface area contributed by atoms with Gasteiger partial charge in [-0.15, -0.1) is 0 Å². The molecule has 4 heteroatoms. The minimum atomic E-state index is -0.586. The van der Waals surface area contributed by atoms with Gasteiger partial charge in [-0.1, -0.05) is 12.2 Å². The van der Waals surface area contributed by atoms with Crippen LogP contribution >= 0.6 is 0 Å². The zero-order valence-corrected chi connectivity index (χ0v) is 10.9. The summed E-state index contributed by atoms with van der Waals surface area (Å²) in [4.78, 5) is 11.6. The molecule has 18 heavy (non-hydrogen) atoms. The second-order valence-electron chi connectivity index (χ2n) is 4.04. The Bertz CT molecular complexity index is 463. The number of esters is 1. The van der Waals surface area contributed by atoms with E-state index < -0.39 is 5.97 Å². The Kier molecular flexibility index (Phi) is 4.77. The van der Waals surface area contributed by atoms with Crippen LogP contribution in [0.3, 0.4) is 0 Å². The fourth-order valence-electron chi connectivity index (χ4n) is 1.64. The first kappa shape index (κ1) is 14.1. The van der Waals surface area contributed by atoms with E-state index in [9.17, 15) is 9.90 Å². The second kappa shape index (κ2) is 6.10. The Labute approximate surface area is 107 Å². The lowest BCUT2D eigenvalue weighted by atomic mass is 10.0. The molecule has 1 aromatic carbocycles. The van der Waals surface area contributed by atoms with Gasteiger partial charge in [0.2, 0.25) is 0 Å². The SMILES string of the molecule is C=C(C)Cc1cc(OCC)cc(C(=O)OC)c1O. The summed E-state index contributed by atoms with van der Waals surface area (Å²) < 4.78 is 10.0. The minimum absolute atomic E-state index is 0.0756. The molecule has 0 saturated heterocycles. The number of carbonyl (C=O) groups excluding carboxylic acids is 1. The van der Waals surface area contributed by atoms with Crippen LogP contribution in [0.1, 0.15) is 29.8 Å². The number of allylic oxidation sites excluding steroid dienone is 1. The van der Waals surface area contributed by atoms with Gasteiger partial charge in [-0.05, 0) is 32.4 Å². The molecule has 0 aliphatic rings. The van der Waals surface area contributed by atoms with Gasteiger partial charge in [0.25, 0.3) is 0 Å². The number of hydrogen-bond donors (Lipinski definition) is 1. The quantitative estimate of drug-likeness (QED) is 0.645. The average Bonchev–Trinajstić information content (AvgIpc) is 2.31. The van der Waals surface area contributed by atoms with Crippen molar-refractivity contribution in [2.24, 2.45) is 0 Å². The van der Waals surface area contributed by atoms with Crippen molar-refractivity contribution >= 4 is 5.97 Å². The van der Waals surface area contributed by atoms with E-state index in [0.29, 0.717) is 24.3 Å². The van der Waals surface area contributed by atoms with Crippen LogP contribution in [0.15, 0.2) is 24.3 Å². The second-order valence-corrected chi connectivity index (χ2v) is 4.04. The largest absolute Gasteiger partial charge is 0.507 e. The zero-order valence-electron chi connectivity index (χ0n) is 10.9. The molecule has 0 unspecified atom stereocenters. The first-order valence-corrected chi connectivity index (χ1v) is 5.71. The maximum Gasteiger partial charge on any atom is 0.341 e. The highest BCUT2D eigenvalue weighted by Gasteiger charge is 2.17. The summed E-state index contributed by atoms with van der Waals surface area (Å²) in [5, 5.41) is 10.0. The number of methoxy groups -OCH3 is 1. The fourth-order valence-corrected chi connectivity index (χ4v) is 1.64. The molecule has 0 bridgehead atoms. The van der Waals surface area contributed by atoms with E-state index >= 15 is 0 Å². The van der Waals surface area contributed by atoms with Crippen molar-refractivity contribution in [3.05, 3.63) is 35.4 Å². The highest BCUT2D eigenvalue weighted by atomic mass is 16.5. The normalized spacial score (nSPS) is 9.94. The molecule has 0 radical (unpaired) electrons. The highest BCUT2D eigenvalue weighted by molar-refractivity contribution is 5.93. The molecule has 0 aliphatic carbocycles. The smallest absolute Gasteiger partial charge is 0.341 e. The molecule has 98 valence electrons. The third kappa shape index (κ3) is 3.26. The van der Waals surface area contributed by atoms with E-state index in [1.54, 1.807) is 6.07 Å². The zero-order chi connectivity index (χ0) is 13.7. The lowest BCUT2D eigenvalue weighted by Gasteiger charge is -2.12. The number of carbonyl (C=O) groups is 1. The lowest BCUT2D eigenvalue weighted by Crippen LogP contribution is -2.05. The Morgan fingerprint density at radius 3 is 2.61 bits per heavy atom. The van der Waals surface area contributed by atoms with E-state index in [1.807, 2.05) is 13.8 Å². The molecule has 0 heterocycles. The van der Waals surface area contributed by atoms with Gasteiger partial charge < -0.3 is 14.6 Å². The van der Waals surface area contributed by atoms with E-state index in [1.165, 1.54) is 13.2 Å². The van der Waals surface area contributed by atoms with Gasteiger partial charge in [0.05, 0.1) is 13.7 Å². The number of ether oxygens (including phenoxy) is 2. The number of phenols is 1. The third-order valence-corrected chi connectivity index (χ3v) is 2.37. The van der Waals surface area contributed by atoms with Crippen molar-refractivity contribution in [3.8, 4) is 11.5 Å². The van der Waals surface area contributed by atoms with Crippen molar-refractivity contribution < 1.29 is 19.4 Å². The van der Waals surface area contributed by atoms with Crippen LogP contribution in [0.5, 0.6) is 11.5 Å². The van der Waals surface area contributed by atoms with Crippen LogP contribution in [0.2, 0.25) is 0 Å². The number of rotatable bonds is 5. The molecule has 0 aromatic heterocycles. The van der Waals surface area contributed by atoms with Gasteiger partial charge >= 0.3 is 5.97 Å². The Morgan fingerprint density at radius 2 is 2.11 bits per heavy atom. The van der Waals surface area contributed by atoms with E-state index in [0.717, 1.165) is 5.57 Å². The third-order valence-electron chi connectivity index (χ3n) is 2.37. The van der Waals surface area contributed by atoms with Crippen LogP contribution in [0.4, 0.5) is 0 Å². The summed E-state index contributed by atoms with van der Waals surface area (Å²) in [5.41, 5.74) is 1.60.